The van der Waals surface area contributed by atoms with Crippen LogP contribution in [0.5, 0.6) is 5.75 Å². The highest BCUT2D eigenvalue weighted by Crippen LogP contribution is 2.37. The third-order valence-electron chi connectivity index (χ3n) is 5.39. The number of fused-ring (bicyclic) bond motifs is 2. The van der Waals surface area contributed by atoms with Crippen molar-refractivity contribution in [2.24, 2.45) is 0 Å². The lowest BCUT2D eigenvalue weighted by atomic mass is 9.75. The van der Waals surface area contributed by atoms with Crippen molar-refractivity contribution in [3.8, 4) is 5.75 Å². The molecule has 0 aliphatic carbocycles. The van der Waals surface area contributed by atoms with Gasteiger partial charge in [-0.2, -0.15) is 0 Å². The number of para-hydroxylation sites is 1. The Morgan fingerprint density at radius 3 is 2.52 bits per heavy atom. The third-order valence-corrected chi connectivity index (χ3v) is 5.39. The molecular formula is C21H24N2O2. The summed E-state index contributed by atoms with van der Waals surface area (Å²) in [5.41, 5.74) is 2.32. The average molecular weight is 336 g/mol. The standard InChI is InChI=1S/C21H24N2O2/c24-20-16-17-6-4-5-9-19(17)21(22-20)10-12-23(13-11-21)14-15-25-18-7-2-1-3-8-18/h1-9H,10-16H2,(H,22,24). The molecule has 4 heteroatoms. The summed E-state index contributed by atoms with van der Waals surface area (Å²) in [6.07, 6.45) is 2.43. The molecule has 1 amide bonds. The maximum absolute atomic E-state index is 12.2. The first-order valence-corrected chi connectivity index (χ1v) is 9.05. The third kappa shape index (κ3) is 3.40. The van der Waals surface area contributed by atoms with E-state index in [0.29, 0.717) is 13.0 Å². The number of ether oxygens (including phenoxy) is 1. The second kappa shape index (κ2) is 6.89. The predicted molar refractivity (Wildman–Crippen MR) is 97.6 cm³/mol. The van der Waals surface area contributed by atoms with Crippen LogP contribution in [0.4, 0.5) is 0 Å². The van der Waals surface area contributed by atoms with Crippen LogP contribution < -0.4 is 10.1 Å². The number of nitrogens with one attached hydrogen (secondary N) is 1. The van der Waals surface area contributed by atoms with Gasteiger partial charge in [0.1, 0.15) is 12.4 Å². The van der Waals surface area contributed by atoms with Gasteiger partial charge in [-0.3, -0.25) is 9.69 Å². The lowest BCUT2D eigenvalue weighted by Crippen LogP contribution is -2.56. The smallest absolute Gasteiger partial charge is 0.225 e. The Labute approximate surface area is 148 Å². The zero-order chi connectivity index (χ0) is 17.1. The number of nitrogens with zero attached hydrogens (tertiary/aromatic N) is 1. The van der Waals surface area contributed by atoms with Crippen molar-refractivity contribution >= 4 is 5.91 Å². The van der Waals surface area contributed by atoms with Crippen LogP contribution >= 0.6 is 0 Å². The minimum atomic E-state index is -0.178. The van der Waals surface area contributed by atoms with E-state index in [4.69, 9.17) is 4.74 Å². The number of carbonyl (C=O) groups is 1. The number of amides is 1. The van der Waals surface area contributed by atoms with Crippen molar-refractivity contribution in [1.29, 1.82) is 0 Å². The van der Waals surface area contributed by atoms with Gasteiger partial charge in [-0.25, -0.2) is 0 Å². The number of hydrogen-bond donors (Lipinski definition) is 1. The Bertz CT molecular complexity index is 737. The van der Waals surface area contributed by atoms with E-state index >= 15 is 0 Å². The minimum Gasteiger partial charge on any atom is -0.492 e. The predicted octanol–water partition coefficient (Wildman–Crippen LogP) is 2.73. The Morgan fingerprint density at radius 1 is 1.00 bits per heavy atom. The maximum atomic E-state index is 12.2. The zero-order valence-corrected chi connectivity index (χ0v) is 14.4. The second-order valence-corrected chi connectivity index (χ2v) is 6.97. The Kier molecular flexibility index (Phi) is 4.45. The zero-order valence-electron chi connectivity index (χ0n) is 14.4. The molecular weight excluding hydrogens is 312 g/mol. The summed E-state index contributed by atoms with van der Waals surface area (Å²) < 4.78 is 5.81. The number of carbonyl (C=O) groups excluding carboxylic acids is 1. The van der Waals surface area contributed by atoms with Crippen LogP contribution in [0, 0.1) is 0 Å². The molecule has 0 aromatic heterocycles. The van der Waals surface area contributed by atoms with Crippen LogP contribution in [0.1, 0.15) is 24.0 Å². The minimum absolute atomic E-state index is 0.152. The monoisotopic (exact) mass is 336 g/mol. The highest BCUT2D eigenvalue weighted by molar-refractivity contribution is 5.82. The summed E-state index contributed by atoms with van der Waals surface area (Å²) >= 11 is 0. The second-order valence-electron chi connectivity index (χ2n) is 6.97. The molecule has 2 heterocycles. The summed E-state index contributed by atoms with van der Waals surface area (Å²) in [4.78, 5) is 14.6. The largest absolute Gasteiger partial charge is 0.492 e. The summed E-state index contributed by atoms with van der Waals surface area (Å²) in [6.45, 7) is 3.57. The van der Waals surface area contributed by atoms with E-state index in [1.54, 1.807) is 0 Å². The van der Waals surface area contributed by atoms with Crippen molar-refractivity contribution in [1.82, 2.24) is 10.2 Å². The molecule has 0 bridgehead atoms. The summed E-state index contributed by atoms with van der Waals surface area (Å²) in [5, 5.41) is 3.29. The number of rotatable bonds is 4. The molecule has 1 N–H and O–H groups in total. The van der Waals surface area contributed by atoms with Crippen LogP contribution in [-0.2, 0) is 16.8 Å². The first kappa shape index (κ1) is 16.2. The van der Waals surface area contributed by atoms with E-state index in [-0.39, 0.29) is 11.4 Å². The lowest BCUT2D eigenvalue weighted by molar-refractivity contribution is -0.124. The molecule has 2 aromatic rings. The van der Waals surface area contributed by atoms with Gasteiger partial charge in [0.2, 0.25) is 5.91 Å². The van der Waals surface area contributed by atoms with Gasteiger partial charge in [0, 0.05) is 19.6 Å². The van der Waals surface area contributed by atoms with Crippen molar-refractivity contribution in [2.75, 3.05) is 26.2 Å². The first-order valence-electron chi connectivity index (χ1n) is 9.05. The lowest BCUT2D eigenvalue weighted by Gasteiger charge is -2.45. The fourth-order valence-electron chi connectivity index (χ4n) is 4.05. The van der Waals surface area contributed by atoms with E-state index in [1.165, 1.54) is 11.1 Å². The molecule has 2 aliphatic rings. The van der Waals surface area contributed by atoms with E-state index in [0.717, 1.165) is 38.2 Å². The quantitative estimate of drug-likeness (QED) is 0.933. The van der Waals surface area contributed by atoms with Crippen molar-refractivity contribution in [3.63, 3.8) is 0 Å². The van der Waals surface area contributed by atoms with E-state index in [1.807, 2.05) is 36.4 Å². The summed E-state index contributed by atoms with van der Waals surface area (Å²) in [7, 11) is 0. The molecule has 0 atom stereocenters. The molecule has 1 fully saturated rings. The molecule has 1 spiro atoms. The topological polar surface area (TPSA) is 41.6 Å². The SMILES string of the molecule is O=C1Cc2ccccc2C2(CCN(CCOc3ccccc3)CC2)N1. The number of piperidine rings is 1. The molecule has 2 aromatic carbocycles. The molecule has 0 saturated carbocycles. The molecule has 4 nitrogen and oxygen atoms in total. The molecule has 2 aliphatic heterocycles. The number of hydrogen-bond acceptors (Lipinski definition) is 3. The summed E-state index contributed by atoms with van der Waals surface area (Å²) in [5.74, 6) is 1.07. The van der Waals surface area contributed by atoms with Crippen LogP contribution in [0.3, 0.4) is 0 Å². The Morgan fingerprint density at radius 2 is 1.72 bits per heavy atom. The molecule has 0 unspecified atom stereocenters. The van der Waals surface area contributed by atoms with E-state index in [9.17, 15) is 4.79 Å². The first-order chi connectivity index (χ1) is 12.3. The highest BCUT2D eigenvalue weighted by Gasteiger charge is 2.41. The summed E-state index contributed by atoms with van der Waals surface area (Å²) in [6, 6.07) is 18.3. The van der Waals surface area contributed by atoms with Crippen molar-refractivity contribution in [3.05, 3.63) is 65.7 Å². The van der Waals surface area contributed by atoms with Gasteiger partial charge >= 0.3 is 0 Å². The van der Waals surface area contributed by atoms with E-state index < -0.39 is 0 Å². The maximum Gasteiger partial charge on any atom is 0.225 e. The van der Waals surface area contributed by atoms with Gasteiger partial charge in [0.05, 0.1) is 12.0 Å². The molecule has 25 heavy (non-hydrogen) atoms. The van der Waals surface area contributed by atoms with Gasteiger partial charge < -0.3 is 10.1 Å². The number of benzene rings is 2. The Hall–Kier alpha value is -2.33. The van der Waals surface area contributed by atoms with Gasteiger partial charge in [-0.1, -0.05) is 42.5 Å². The molecule has 0 radical (unpaired) electrons. The van der Waals surface area contributed by atoms with Crippen molar-refractivity contribution < 1.29 is 9.53 Å². The van der Waals surface area contributed by atoms with Crippen LogP contribution in [0.25, 0.3) is 0 Å². The van der Waals surface area contributed by atoms with Crippen LogP contribution in [0.2, 0.25) is 0 Å². The molecule has 4 rings (SSSR count). The highest BCUT2D eigenvalue weighted by atomic mass is 16.5. The van der Waals surface area contributed by atoms with Gasteiger partial charge in [0.25, 0.3) is 0 Å². The normalized spacial score (nSPS) is 19.3. The molecule has 130 valence electrons. The van der Waals surface area contributed by atoms with Gasteiger partial charge in [0.15, 0.2) is 0 Å². The fraction of sp³-hybridized carbons (Fsp3) is 0.381. The van der Waals surface area contributed by atoms with Gasteiger partial charge in [-0.05, 0) is 36.1 Å². The van der Waals surface area contributed by atoms with E-state index in [2.05, 4.69) is 28.4 Å². The Balaban J connectivity index is 1.36. The van der Waals surface area contributed by atoms with Crippen LogP contribution in [-0.4, -0.2) is 37.0 Å². The van der Waals surface area contributed by atoms with Crippen LogP contribution in [0.15, 0.2) is 54.6 Å². The van der Waals surface area contributed by atoms with Gasteiger partial charge in [-0.15, -0.1) is 0 Å². The molecule has 1 saturated heterocycles. The number of likely N-dealkylation sites (tertiary alicyclic amines) is 1. The van der Waals surface area contributed by atoms with Crippen molar-refractivity contribution in [2.45, 2.75) is 24.8 Å². The average Bonchev–Trinajstić information content (AvgIpc) is 2.64. The fourth-order valence-corrected chi connectivity index (χ4v) is 4.05.